The minimum absolute atomic E-state index is 0.426. The minimum Gasteiger partial charge on any atom is -0.340 e. The molecule has 0 N–H and O–H groups in total. The molecular weight excluding hydrogens is 390 g/mol. The van der Waals surface area contributed by atoms with E-state index in [4.69, 9.17) is 9.97 Å². The van der Waals surface area contributed by atoms with Gasteiger partial charge in [-0.1, -0.05) is 68.4 Å². The quantitative estimate of drug-likeness (QED) is 0.293. The van der Waals surface area contributed by atoms with Gasteiger partial charge in [-0.2, -0.15) is 0 Å². The van der Waals surface area contributed by atoms with Gasteiger partial charge in [0, 0.05) is 23.4 Å². The molecule has 6 aromatic rings. The summed E-state index contributed by atoms with van der Waals surface area (Å²) in [7, 11) is 2.14. The molecule has 4 aromatic carbocycles. The first-order valence-corrected chi connectivity index (χ1v) is 11.2. The summed E-state index contributed by atoms with van der Waals surface area (Å²) in [6, 6.07) is 26.2. The molecule has 0 fully saturated rings. The van der Waals surface area contributed by atoms with Crippen LogP contribution in [0.1, 0.15) is 31.2 Å². The van der Waals surface area contributed by atoms with Crippen LogP contribution in [0.15, 0.2) is 72.8 Å². The van der Waals surface area contributed by atoms with Gasteiger partial charge in [-0.05, 0) is 52.8 Å². The Bertz CT molecular complexity index is 1670. The number of aryl methyl sites for hydroxylation is 2. The summed E-state index contributed by atoms with van der Waals surface area (Å²) in [6.07, 6.45) is 0. The first-order valence-electron chi connectivity index (χ1n) is 11.2. The molecule has 2 aromatic heterocycles. The van der Waals surface area contributed by atoms with E-state index in [0.29, 0.717) is 5.92 Å². The molecule has 0 atom stereocenters. The molecule has 32 heavy (non-hydrogen) atoms. The summed E-state index contributed by atoms with van der Waals surface area (Å²) >= 11 is 0. The van der Waals surface area contributed by atoms with Crippen LogP contribution in [0.25, 0.3) is 54.7 Å². The van der Waals surface area contributed by atoms with Crippen LogP contribution in [0.2, 0.25) is 0 Å². The van der Waals surface area contributed by atoms with Crippen LogP contribution in [-0.2, 0) is 7.05 Å². The second-order valence-corrected chi connectivity index (χ2v) is 9.00. The highest BCUT2D eigenvalue weighted by Gasteiger charge is 2.19. The van der Waals surface area contributed by atoms with Crippen LogP contribution in [0.4, 0.5) is 0 Å². The van der Waals surface area contributed by atoms with E-state index in [-0.39, 0.29) is 0 Å². The molecule has 0 spiro atoms. The third-order valence-corrected chi connectivity index (χ3v) is 6.61. The summed E-state index contributed by atoms with van der Waals surface area (Å²) in [6.45, 7) is 6.51. The lowest BCUT2D eigenvalue weighted by Gasteiger charge is -2.14. The largest absolute Gasteiger partial charge is 0.340 e. The van der Waals surface area contributed by atoms with E-state index in [1.54, 1.807) is 0 Å². The fraction of sp³-hybridized carbons (Fsp3) is 0.172. The van der Waals surface area contributed by atoms with Gasteiger partial charge in [0.05, 0.1) is 16.7 Å². The smallest absolute Gasteiger partial charge is 0.126 e. The summed E-state index contributed by atoms with van der Waals surface area (Å²) in [5.41, 5.74) is 6.83. The van der Waals surface area contributed by atoms with Gasteiger partial charge in [0.15, 0.2) is 0 Å². The number of nitrogens with zero attached hydrogens (tertiary/aromatic N) is 3. The lowest BCUT2D eigenvalue weighted by atomic mass is 9.92. The fourth-order valence-electron chi connectivity index (χ4n) is 5.15. The Morgan fingerprint density at radius 3 is 2.22 bits per heavy atom. The van der Waals surface area contributed by atoms with Crippen LogP contribution in [-0.4, -0.2) is 14.5 Å². The molecule has 3 nitrogen and oxygen atoms in total. The maximum Gasteiger partial charge on any atom is 0.126 e. The molecule has 0 aliphatic carbocycles. The van der Waals surface area contributed by atoms with Gasteiger partial charge in [-0.25, -0.2) is 9.97 Å². The van der Waals surface area contributed by atoms with Gasteiger partial charge in [0.25, 0.3) is 0 Å². The van der Waals surface area contributed by atoms with Crippen molar-refractivity contribution in [3.8, 4) is 11.3 Å². The molecule has 6 rings (SSSR count). The normalized spacial score (nSPS) is 12.0. The summed E-state index contributed by atoms with van der Waals surface area (Å²) in [5, 5.41) is 6.23. The van der Waals surface area contributed by atoms with E-state index in [2.05, 4.69) is 98.3 Å². The monoisotopic (exact) mass is 415 g/mol. The van der Waals surface area contributed by atoms with Gasteiger partial charge >= 0.3 is 0 Å². The highest BCUT2D eigenvalue weighted by atomic mass is 15.0. The third kappa shape index (κ3) is 2.67. The Labute approximate surface area is 187 Å². The zero-order valence-electron chi connectivity index (χ0n) is 18.8. The Balaban J connectivity index is 1.77. The van der Waals surface area contributed by atoms with Crippen molar-refractivity contribution < 1.29 is 0 Å². The average molecular weight is 416 g/mol. The molecule has 0 radical (unpaired) electrons. The number of benzene rings is 4. The van der Waals surface area contributed by atoms with Crippen LogP contribution in [0, 0.1) is 6.92 Å². The Kier molecular flexibility index (Phi) is 4.09. The highest BCUT2D eigenvalue weighted by molar-refractivity contribution is 6.18. The molecule has 0 aliphatic heterocycles. The fourth-order valence-corrected chi connectivity index (χ4v) is 5.15. The van der Waals surface area contributed by atoms with E-state index < -0.39 is 0 Å². The Hall–Kier alpha value is -3.72. The van der Waals surface area contributed by atoms with Crippen molar-refractivity contribution in [2.75, 3.05) is 0 Å². The van der Waals surface area contributed by atoms with Crippen molar-refractivity contribution in [3.05, 3.63) is 84.2 Å². The lowest BCUT2D eigenvalue weighted by molar-refractivity contribution is 0.876. The van der Waals surface area contributed by atoms with Gasteiger partial charge in [0.1, 0.15) is 11.3 Å². The van der Waals surface area contributed by atoms with Gasteiger partial charge < -0.3 is 4.57 Å². The number of aromatic nitrogens is 3. The highest BCUT2D eigenvalue weighted by Crippen LogP contribution is 2.38. The van der Waals surface area contributed by atoms with Crippen molar-refractivity contribution in [2.45, 2.75) is 26.7 Å². The van der Waals surface area contributed by atoms with E-state index in [0.717, 1.165) is 28.1 Å². The van der Waals surface area contributed by atoms with E-state index in [1.165, 1.54) is 38.0 Å². The zero-order chi connectivity index (χ0) is 22.0. The van der Waals surface area contributed by atoms with Crippen LogP contribution < -0.4 is 0 Å². The number of hydrogen-bond donors (Lipinski definition) is 0. The standard InChI is InChI=1S/C29H25N3/c1-17(2)25-16-21(15-20-10-6-7-11-22(20)25)26-29-27(31-18(3)30-26)24-14-13-19-9-5-8-12-23(19)28(24)32(29)4/h5-17H,1-4H3. The second-order valence-electron chi connectivity index (χ2n) is 9.00. The first-order chi connectivity index (χ1) is 15.5. The van der Waals surface area contributed by atoms with Crippen molar-refractivity contribution in [1.29, 1.82) is 0 Å². The predicted molar refractivity (Wildman–Crippen MR) is 135 cm³/mol. The van der Waals surface area contributed by atoms with Crippen LogP contribution >= 0.6 is 0 Å². The second kappa shape index (κ2) is 6.89. The minimum atomic E-state index is 0.426. The molecule has 3 heteroatoms. The van der Waals surface area contributed by atoms with E-state index >= 15 is 0 Å². The van der Waals surface area contributed by atoms with Crippen molar-refractivity contribution >= 4 is 43.5 Å². The molecule has 0 saturated heterocycles. The van der Waals surface area contributed by atoms with E-state index in [1.807, 2.05) is 6.92 Å². The maximum atomic E-state index is 4.98. The van der Waals surface area contributed by atoms with Gasteiger partial charge in [-0.3, -0.25) is 0 Å². The number of hydrogen-bond acceptors (Lipinski definition) is 2. The zero-order valence-corrected chi connectivity index (χ0v) is 18.8. The number of rotatable bonds is 2. The lowest BCUT2D eigenvalue weighted by Crippen LogP contribution is -1.99. The Morgan fingerprint density at radius 2 is 1.44 bits per heavy atom. The Morgan fingerprint density at radius 1 is 0.719 bits per heavy atom. The van der Waals surface area contributed by atoms with Gasteiger partial charge in [0.2, 0.25) is 0 Å². The third-order valence-electron chi connectivity index (χ3n) is 6.61. The average Bonchev–Trinajstić information content (AvgIpc) is 3.09. The first kappa shape index (κ1) is 19.0. The van der Waals surface area contributed by atoms with Crippen molar-refractivity contribution in [1.82, 2.24) is 14.5 Å². The summed E-state index contributed by atoms with van der Waals surface area (Å²) in [5.74, 6) is 1.22. The van der Waals surface area contributed by atoms with Crippen LogP contribution in [0.3, 0.4) is 0 Å². The van der Waals surface area contributed by atoms with Crippen molar-refractivity contribution in [3.63, 3.8) is 0 Å². The molecule has 0 bridgehead atoms. The molecule has 0 aliphatic rings. The van der Waals surface area contributed by atoms with Gasteiger partial charge in [-0.15, -0.1) is 0 Å². The SMILES string of the molecule is Cc1nc(-c2cc(C(C)C)c3ccccc3c2)c2c(n1)c1ccc3ccccc3c1n2C. The maximum absolute atomic E-state index is 4.98. The molecule has 0 amide bonds. The van der Waals surface area contributed by atoms with Crippen molar-refractivity contribution in [2.24, 2.45) is 7.05 Å². The molecular formula is C29H25N3. The predicted octanol–water partition coefficient (Wildman–Crippen LogP) is 7.53. The molecule has 0 saturated carbocycles. The summed E-state index contributed by atoms with van der Waals surface area (Å²) in [4.78, 5) is 9.89. The molecule has 0 unspecified atom stereocenters. The number of fused-ring (bicyclic) bond motifs is 6. The molecule has 156 valence electrons. The summed E-state index contributed by atoms with van der Waals surface area (Å²) < 4.78 is 2.28. The topological polar surface area (TPSA) is 30.7 Å². The van der Waals surface area contributed by atoms with Crippen LogP contribution in [0.5, 0.6) is 0 Å². The van der Waals surface area contributed by atoms with E-state index in [9.17, 15) is 0 Å². The molecule has 2 heterocycles.